The Balaban J connectivity index is 1.40. The molecule has 0 spiro atoms. The number of nitrogens with one attached hydrogen (secondary N) is 1. The maximum Gasteiger partial charge on any atom is 0.193 e. The second-order valence-electron chi connectivity index (χ2n) is 4.02. The summed E-state index contributed by atoms with van der Waals surface area (Å²) in [6.07, 6.45) is 8.71. The van der Waals surface area contributed by atoms with Gasteiger partial charge >= 0.3 is 0 Å². The molecule has 0 amide bonds. The number of nitrogens with zero attached hydrogens (tertiary/aromatic N) is 5. The van der Waals surface area contributed by atoms with Crippen molar-refractivity contribution < 1.29 is 0 Å². The van der Waals surface area contributed by atoms with Gasteiger partial charge in [-0.25, -0.2) is 4.98 Å². The van der Waals surface area contributed by atoms with Crippen LogP contribution in [0.3, 0.4) is 0 Å². The molecule has 0 aliphatic carbocycles. The zero-order chi connectivity index (χ0) is 12.2. The summed E-state index contributed by atoms with van der Waals surface area (Å²) in [4.78, 5) is 5.56. The number of hydrogen-bond donors (Lipinski definition) is 1. The summed E-state index contributed by atoms with van der Waals surface area (Å²) in [6.45, 7) is 2.65. The molecular formula is C11H14N6S. The normalized spacial score (nSPS) is 11.3. The summed E-state index contributed by atoms with van der Waals surface area (Å²) < 4.78 is 3.89. The van der Waals surface area contributed by atoms with Crippen LogP contribution in [0.5, 0.6) is 0 Å². The monoisotopic (exact) mass is 262 g/mol. The Hall–Kier alpha value is -1.73. The Morgan fingerprint density at radius 3 is 3.17 bits per heavy atom. The van der Waals surface area contributed by atoms with Crippen LogP contribution >= 0.6 is 11.3 Å². The van der Waals surface area contributed by atoms with Crippen LogP contribution in [0, 0.1) is 0 Å². The van der Waals surface area contributed by atoms with Crippen LogP contribution in [0.25, 0.3) is 4.96 Å². The lowest BCUT2D eigenvalue weighted by molar-refractivity contribution is 0.529. The van der Waals surface area contributed by atoms with Gasteiger partial charge in [0.2, 0.25) is 0 Å². The number of aromatic nitrogens is 5. The number of imidazole rings is 1. The number of hydrogen-bond acceptors (Lipinski definition) is 5. The van der Waals surface area contributed by atoms with Crippen LogP contribution in [-0.2, 0) is 13.1 Å². The van der Waals surface area contributed by atoms with E-state index in [1.54, 1.807) is 17.5 Å². The Labute approximate surface area is 108 Å². The second-order valence-corrected chi connectivity index (χ2v) is 4.89. The van der Waals surface area contributed by atoms with Gasteiger partial charge in [-0.15, -0.1) is 16.4 Å². The quantitative estimate of drug-likeness (QED) is 0.677. The first kappa shape index (κ1) is 11.4. The first-order chi connectivity index (χ1) is 8.92. The predicted molar refractivity (Wildman–Crippen MR) is 69.4 cm³/mol. The minimum atomic E-state index is 0.811. The highest BCUT2D eigenvalue weighted by molar-refractivity contribution is 7.15. The Bertz CT molecular complexity index is 567. The molecule has 94 valence electrons. The first-order valence-corrected chi connectivity index (χ1v) is 6.76. The van der Waals surface area contributed by atoms with Crippen molar-refractivity contribution in [2.45, 2.75) is 19.5 Å². The highest BCUT2D eigenvalue weighted by Crippen LogP contribution is 2.10. The SMILES string of the molecule is c1cn(CCCNCc2cn3ccsc3n2)nn1. The summed E-state index contributed by atoms with van der Waals surface area (Å²) in [5, 5.41) is 13.1. The Morgan fingerprint density at radius 1 is 1.33 bits per heavy atom. The van der Waals surface area contributed by atoms with Crippen LogP contribution in [0.4, 0.5) is 0 Å². The van der Waals surface area contributed by atoms with Gasteiger partial charge in [0, 0.05) is 37.1 Å². The summed E-state index contributed by atoms with van der Waals surface area (Å²) in [5.74, 6) is 0. The molecule has 0 aromatic carbocycles. The Kier molecular flexibility index (Phi) is 3.33. The molecule has 18 heavy (non-hydrogen) atoms. The molecule has 1 N–H and O–H groups in total. The molecular weight excluding hydrogens is 248 g/mol. The number of fused-ring (bicyclic) bond motifs is 1. The number of rotatable bonds is 6. The molecule has 0 saturated carbocycles. The minimum absolute atomic E-state index is 0.811. The molecule has 0 atom stereocenters. The van der Waals surface area contributed by atoms with Gasteiger partial charge in [0.05, 0.1) is 11.9 Å². The summed E-state index contributed by atoms with van der Waals surface area (Å²) in [6, 6.07) is 0. The third-order valence-corrected chi connectivity index (χ3v) is 3.43. The van der Waals surface area contributed by atoms with Crippen molar-refractivity contribution in [1.29, 1.82) is 0 Å². The molecule has 3 heterocycles. The van der Waals surface area contributed by atoms with Crippen LogP contribution in [0.1, 0.15) is 12.1 Å². The van der Waals surface area contributed by atoms with E-state index in [1.807, 2.05) is 22.5 Å². The molecule has 0 bridgehead atoms. The van der Waals surface area contributed by atoms with E-state index in [0.717, 1.165) is 36.7 Å². The van der Waals surface area contributed by atoms with Gasteiger partial charge in [-0.05, 0) is 13.0 Å². The van der Waals surface area contributed by atoms with Gasteiger partial charge in [0.25, 0.3) is 0 Å². The van der Waals surface area contributed by atoms with Crippen LogP contribution in [-0.4, -0.2) is 30.9 Å². The van der Waals surface area contributed by atoms with Crippen molar-refractivity contribution >= 4 is 16.3 Å². The van der Waals surface area contributed by atoms with Gasteiger partial charge in [0.1, 0.15) is 0 Å². The van der Waals surface area contributed by atoms with E-state index in [-0.39, 0.29) is 0 Å². The fourth-order valence-electron chi connectivity index (χ4n) is 1.80. The van der Waals surface area contributed by atoms with Crippen molar-refractivity contribution in [1.82, 2.24) is 29.7 Å². The third-order valence-electron chi connectivity index (χ3n) is 2.66. The Morgan fingerprint density at radius 2 is 2.33 bits per heavy atom. The van der Waals surface area contributed by atoms with Crippen molar-refractivity contribution in [2.75, 3.05) is 6.54 Å². The lowest BCUT2D eigenvalue weighted by Crippen LogP contribution is -2.16. The summed E-state index contributed by atoms with van der Waals surface area (Å²) >= 11 is 1.66. The molecule has 0 saturated heterocycles. The molecule has 0 fully saturated rings. The van der Waals surface area contributed by atoms with Gasteiger partial charge in [-0.1, -0.05) is 5.21 Å². The minimum Gasteiger partial charge on any atom is -0.311 e. The molecule has 3 aromatic rings. The maximum absolute atomic E-state index is 4.51. The fourth-order valence-corrected chi connectivity index (χ4v) is 2.51. The van der Waals surface area contributed by atoms with Crippen molar-refractivity contribution in [3.05, 3.63) is 35.9 Å². The zero-order valence-corrected chi connectivity index (χ0v) is 10.7. The number of thiazole rings is 1. The second kappa shape index (κ2) is 5.28. The molecule has 0 unspecified atom stereocenters. The molecule has 3 aromatic heterocycles. The van der Waals surface area contributed by atoms with E-state index in [9.17, 15) is 0 Å². The molecule has 0 aliphatic heterocycles. The van der Waals surface area contributed by atoms with Crippen molar-refractivity contribution in [3.63, 3.8) is 0 Å². The maximum atomic E-state index is 4.51. The van der Waals surface area contributed by atoms with Crippen LogP contribution < -0.4 is 5.32 Å². The third kappa shape index (κ3) is 2.57. The summed E-state index contributed by atoms with van der Waals surface area (Å²) in [5.41, 5.74) is 1.09. The van der Waals surface area contributed by atoms with E-state index in [1.165, 1.54) is 0 Å². The van der Waals surface area contributed by atoms with E-state index in [4.69, 9.17) is 0 Å². The largest absolute Gasteiger partial charge is 0.311 e. The van der Waals surface area contributed by atoms with Gasteiger partial charge < -0.3 is 5.32 Å². The highest BCUT2D eigenvalue weighted by Gasteiger charge is 2.01. The average molecular weight is 262 g/mol. The molecule has 0 aliphatic rings. The molecule has 7 heteroatoms. The molecule has 3 rings (SSSR count). The summed E-state index contributed by atoms with van der Waals surface area (Å²) in [7, 11) is 0. The van der Waals surface area contributed by atoms with Gasteiger partial charge in [0.15, 0.2) is 4.96 Å². The van der Waals surface area contributed by atoms with E-state index in [0.29, 0.717) is 0 Å². The van der Waals surface area contributed by atoms with Gasteiger partial charge in [-0.2, -0.15) is 0 Å². The van der Waals surface area contributed by atoms with E-state index < -0.39 is 0 Å². The highest BCUT2D eigenvalue weighted by atomic mass is 32.1. The van der Waals surface area contributed by atoms with E-state index in [2.05, 4.69) is 31.2 Å². The first-order valence-electron chi connectivity index (χ1n) is 5.88. The lowest BCUT2D eigenvalue weighted by Gasteiger charge is -2.02. The zero-order valence-electron chi connectivity index (χ0n) is 9.86. The molecule has 0 radical (unpaired) electrons. The standard InChI is InChI=1S/C11H14N6S/c1(4-17-5-3-13-15-17)2-12-8-10-9-16-6-7-18-11(16)14-10/h3,5-7,9,12H,1-2,4,8H2. The topological polar surface area (TPSA) is 60.0 Å². The van der Waals surface area contributed by atoms with Crippen molar-refractivity contribution in [2.24, 2.45) is 0 Å². The predicted octanol–water partition coefficient (Wildman–Crippen LogP) is 1.17. The fraction of sp³-hybridized carbons (Fsp3) is 0.364. The van der Waals surface area contributed by atoms with Crippen molar-refractivity contribution in [3.8, 4) is 0 Å². The average Bonchev–Trinajstić information content (AvgIpc) is 3.03. The number of aryl methyl sites for hydroxylation is 1. The lowest BCUT2D eigenvalue weighted by atomic mass is 10.4. The van der Waals surface area contributed by atoms with Gasteiger partial charge in [-0.3, -0.25) is 9.08 Å². The molecule has 6 nitrogen and oxygen atoms in total. The van der Waals surface area contributed by atoms with Crippen LogP contribution in [0.15, 0.2) is 30.2 Å². The van der Waals surface area contributed by atoms with Crippen LogP contribution in [0.2, 0.25) is 0 Å². The van der Waals surface area contributed by atoms with E-state index >= 15 is 0 Å². The smallest absolute Gasteiger partial charge is 0.193 e.